The summed E-state index contributed by atoms with van der Waals surface area (Å²) in [5.41, 5.74) is -1.08. The van der Waals surface area contributed by atoms with E-state index in [4.69, 9.17) is 9.47 Å². The molecule has 1 aliphatic heterocycles. The third-order valence-corrected chi connectivity index (χ3v) is 4.21. The molecule has 166 valence electrons. The highest BCUT2D eigenvalue weighted by molar-refractivity contribution is 14.0. The Morgan fingerprint density at radius 2 is 2.10 bits per heavy atom. The van der Waals surface area contributed by atoms with Gasteiger partial charge in [0, 0.05) is 26.3 Å². The number of aliphatic imine (C=N–C) groups is 1. The van der Waals surface area contributed by atoms with Crippen molar-refractivity contribution in [3.8, 4) is 0 Å². The average molecular weight is 533 g/mol. The van der Waals surface area contributed by atoms with E-state index in [2.05, 4.69) is 15.6 Å². The van der Waals surface area contributed by atoms with Gasteiger partial charge in [0.25, 0.3) is 0 Å². The van der Waals surface area contributed by atoms with Crippen LogP contribution >= 0.6 is 24.0 Å². The summed E-state index contributed by atoms with van der Waals surface area (Å²) in [4.78, 5) is 4.18. The Kier molecular flexibility index (Phi) is 11.8. The lowest BCUT2D eigenvalue weighted by atomic mass is 10.1. The summed E-state index contributed by atoms with van der Waals surface area (Å²) >= 11 is 0. The van der Waals surface area contributed by atoms with Crippen LogP contribution in [0.15, 0.2) is 23.2 Å². The highest BCUT2D eigenvalue weighted by atomic mass is 127. The summed E-state index contributed by atoms with van der Waals surface area (Å²) in [6.45, 7) is 4.72. The van der Waals surface area contributed by atoms with Crippen LogP contribution in [0.5, 0.6) is 0 Å². The van der Waals surface area contributed by atoms with Crippen molar-refractivity contribution in [3.63, 3.8) is 0 Å². The fourth-order valence-corrected chi connectivity index (χ4v) is 2.83. The number of nitrogens with zero attached hydrogens (tertiary/aromatic N) is 1. The molecular weight excluding hydrogens is 505 g/mol. The SMILES string of the molecule is CCNC(=NCc1ccc(F)cc1C(F)(F)F)NCCCOCC1CCCO1.I. The van der Waals surface area contributed by atoms with E-state index in [1.165, 1.54) is 0 Å². The molecule has 10 heteroatoms. The van der Waals surface area contributed by atoms with Crippen LogP contribution in [0.2, 0.25) is 0 Å². The normalized spacial score (nSPS) is 17.1. The highest BCUT2D eigenvalue weighted by Crippen LogP contribution is 2.32. The second kappa shape index (κ2) is 13.2. The van der Waals surface area contributed by atoms with Crippen molar-refractivity contribution in [2.24, 2.45) is 4.99 Å². The zero-order chi connectivity index (χ0) is 20.4. The van der Waals surface area contributed by atoms with Gasteiger partial charge >= 0.3 is 6.18 Å². The summed E-state index contributed by atoms with van der Waals surface area (Å²) in [6.07, 6.45) is -1.62. The van der Waals surface area contributed by atoms with Crippen LogP contribution in [0.25, 0.3) is 0 Å². The van der Waals surface area contributed by atoms with Crippen LogP contribution in [0, 0.1) is 5.82 Å². The zero-order valence-electron chi connectivity index (χ0n) is 16.4. The molecule has 2 N–H and O–H groups in total. The molecule has 1 aliphatic rings. The van der Waals surface area contributed by atoms with Gasteiger partial charge in [-0.05, 0) is 43.9 Å². The van der Waals surface area contributed by atoms with Crippen molar-refractivity contribution in [3.05, 3.63) is 35.1 Å². The number of guanidine groups is 1. The van der Waals surface area contributed by atoms with E-state index in [1.807, 2.05) is 6.92 Å². The quantitative estimate of drug-likeness (QED) is 0.165. The molecular formula is C19H28F4IN3O2. The Morgan fingerprint density at radius 3 is 2.76 bits per heavy atom. The number of hydrogen-bond donors (Lipinski definition) is 2. The summed E-state index contributed by atoms with van der Waals surface area (Å²) in [6, 6.07) is 2.62. The molecule has 0 aromatic heterocycles. The van der Waals surface area contributed by atoms with Crippen LogP contribution in [0.3, 0.4) is 0 Å². The summed E-state index contributed by atoms with van der Waals surface area (Å²) < 4.78 is 63.4. The monoisotopic (exact) mass is 533 g/mol. The van der Waals surface area contributed by atoms with Gasteiger partial charge in [-0.1, -0.05) is 6.07 Å². The number of nitrogens with one attached hydrogen (secondary N) is 2. The van der Waals surface area contributed by atoms with Crippen molar-refractivity contribution >= 4 is 29.9 Å². The van der Waals surface area contributed by atoms with E-state index in [0.717, 1.165) is 38.0 Å². The number of rotatable bonds is 9. The number of halogens is 5. The molecule has 1 aromatic carbocycles. The van der Waals surface area contributed by atoms with Crippen molar-refractivity contribution in [1.82, 2.24) is 10.6 Å². The lowest BCUT2D eigenvalue weighted by Crippen LogP contribution is -2.38. The predicted octanol–water partition coefficient (Wildman–Crippen LogP) is 4.10. The van der Waals surface area contributed by atoms with E-state index in [0.29, 0.717) is 38.3 Å². The standard InChI is InChI=1S/C19H27F4N3O2.HI/c1-2-24-18(25-8-4-9-27-13-16-5-3-10-28-16)26-12-14-6-7-15(20)11-17(14)19(21,22)23;/h6-7,11,16H,2-5,8-10,12-13H2,1H3,(H2,24,25,26);1H. The lowest BCUT2D eigenvalue weighted by Gasteiger charge is -2.14. The van der Waals surface area contributed by atoms with Gasteiger partial charge in [-0.25, -0.2) is 9.38 Å². The molecule has 1 atom stereocenters. The smallest absolute Gasteiger partial charge is 0.379 e. The van der Waals surface area contributed by atoms with Crippen LogP contribution in [0.4, 0.5) is 17.6 Å². The van der Waals surface area contributed by atoms with Gasteiger partial charge in [-0.2, -0.15) is 13.2 Å². The van der Waals surface area contributed by atoms with E-state index in [-0.39, 0.29) is 42.2 Å². The second-order valence-corrected chi connectivity index (χ2v) is 6.48. The summed E-state index contributed by atoms with van der Waals surface area (Å²) in [5.74, 6) is -0.521. The summed E-state index contributed by atoms with van der Waals surface area (Å²) in [7, 11) is 0. The fourth-order valence-electron chi connectivity index (χ4n) is 2.83. The van der Waals surface area contributed by atoms with Crippen molar-refractivity contribution in [2.75, 3.05) is 32.9 Å². The lowest BCUT2D eigenvalue weighted by molar-refractivity contribution is -0.138. The Bertz CT molecular complexity index is 638. The minimum Gasteiger partial charge on any atom is -0.379 e. The molecule has 1 fully saturated rings. The fraction of sp³-hybridized carbons (Fsp3) is 0.632. The van der Waals surface area contributed by atoms with Crippen molar-refractivity contribution in [2.45, 2.75) is 45.0 Å². The number of hydrogen-bond acceptors (Lipinski definition) is 3. The Hall–Kier alpha value is -1.14. The van der Waals surface area contributed by atoms with Crippen LogP contribution in [-0.4, -0.2) is 45.0 Å². The van der Waals surface area contributed by atoms with Gasteiger partial charge < -0.3 is 20.1 Å². The maximum absolute atomic E-state index is 13.2. The van der Waals surface area contributed by atoms with Gasteiger partial charge in [0.05, 0.1) is 24.8 Å². The molecule has 0 bridgehead atoms. The summed E-state index contributed by atoms with van der Waals surface area (Å²) in [5, 5.41) is 6.04. The van der Waals surface area contributed by atoms with Gasteiger partial charge in [0.1, 0.15) is 5.82 Å². The van der Waals surface area contributed by atoms with Gasteiger partial charge in [0.15, 0.2) is 5.96 Å². The Balaban J connectivity index is 0.00000420. The molecule has 1 heterocycles. The molecule has 2 rings (SSSR count). The van der Waals surface area contributed by atoms with Crippen LogP contribution in [-0.2, 0) is 22.2 Å². The first-order valence-electron chi connectivity index (χ1n) is 9.47. The Labute approximate surface area is 185 Å². The first-order chi connectivity index (χ1) is 13.4. The van der Waals surface area contributed by atoms with E-state index < -0.39 is 17.6 Å². The first kappa shape index (κ1) is 25.9. The van der Waals surface area contributed by atoms with E-state index in [9.17, 15) is 17.6 Å². The van der Waals surface area contributed by atoms with Crippen LogP contribution in [0.1, 0.15) is 37.3 Å². The molecule has 0 spiro atoms. The molecule has 1 saturated heterocycles. The molecule has 0 aliphatic carbocycles. The number of alkyl halides is 3. The average Bonchev–Trinajstić information content (AvgIpc) is 3.16. The van der Waals surface area contributed by atoms with E-state index in [1.54, 1.807) is 0 Å². The van der Waals surface area contributed by atoms with Gasteiger partial charge in [-0.3, -0.25) is 0 Å². The maximum atomic E-state index is 13.2. The third kappa shape index (κ3) is 9.47. The number of benzene rings is 1. The predicted molar refractivity (Wildman–Crippen MR) is 114 cm³/mol. The maximum Gasteiger partial charge on any atom is 0.416 e. The number of ether oxygens (including phenoxy) is 2. The van der Waals surface area contributed by atoms with E-state index >= 15 is 0 Å². The molecule has 0 saturated carbocycles. The van der Waals surface area contributed by atoms with Gasteiger partial charge in [0.2, 0.25) is 0 Å². The van der Waals surface area contributed by atoms with Gasteiger partial charge in [-0.15, -0.1) is 24.0 Å². The first-order valence-corrected chi connectivity index (χ1v) is 9.47. The minimum absolute atomic E-state index is 0. The molecule has 0 radical (unpaired) electrons. The molecule has 1 aromatic rings. The third-order valence-electron chi connectivity index (χ3n) is 4.21. The molecule has 29 heavy (non-hydrogen) atoms. The largest absolute Gasteiger partial charge is 0.416 e. The van der Waals surface area contributed by atoms with Crippen molar-refractivity contribution < 1.29 is 27.0 Å². The molecule has 0 amide bonds. The minimum atomic E-state index is -4.63. The zero-order valence-corrected chi connectivity index (χ0v) is 18.7. The highest BCUT2D eigenvalue weighted by Gasteiger charge is 2.33. The molecule has 5 nitrogen and oxygen atoms in total. The van der Waals surface area contributed by atoms with Crippen LogP contribution < -0.4 is 10.6 Å². The second-order valence-electron chi connectivity index (χ2n) is 6.48. The Morgan fingerprint density at radius 1 is 1.31 bits per heavy atom. The molecule has 1 unspecified atom stereocenters. The van der Waals surface area contributed by atoms with Crippen molar-refractivity contribution in [1.29, 1.82) is 0 Å². The topological polar surface area (TPSA) is 54.9 Å².